The molecule has 0 bridgehead atoms. The van der Waals surface area contributed by atoms with Crippen LogP contribution in [-0.4, -0.2) is 76.8 Å². The molecule has 1 aromatic carbocycles. The zero-order valence-electron chi connectivity index (χ0n) is 21.3. The quantitative estimate of drug-likeness (QED) is 0.518. The smallest absolute Gasteiger partial charge is 0.255 e. The van der Waals surface area contributed by atoms with Gasteiger partial charge in [0.15, 0.2) is 0 Å². The van der Waals surface area contributed by atoms with Crippen molar-refractivity contribution in [2.75, 3.05) is 39.3 Å². The fraction of sp³-hybridized carbons (Fsp3) is 0.552. The van der Waals surface area contributed by atoms with Crippen LogP contribution in [0.5, 0.6) is 0 Å². The van der Waals surface area contributed by atoms with Gasteiger partial charge in [-0.1, -0.05) is 28.4 Å². The van der Waals surface area contributed by atoms with Gasteiger partial charge < -0.3 is 14.7 Å². The highest BCUT2D eigenvalue weighted by Gasteiger charge is 2.32. The molecule has 0 unspecified atom stereocenters. The second kappa shape index (κ2) is 11.4. The molecule has 2 aromatic rings. The Morgan fingerprint density at radius 3 is 2.19 bits per heavy atom. The summed E-state index contributed by atoms with van der Waals surface area (Å²) in [7, 11) is 0. The lowest BCUT2D eigenvalue weighted by molar-refractivity contribution is 0.0585. The molecule has 0 spiro atoms. The number of rotatable bonds is 4. The van der Waals surface area contributed by atoms with E-state index < -0.39 is 0 Å². The number of likely N-dealkylation sites (tertiary alicyclic amines) is 3. The topological polar surface area (TPSA) is 56.8 Å². The summed E-state index contributed by atoms with van der Waals surface area (Å²) >= 11 is 3.46. The molecule has 6 nitrogen and oxygen atoms in total. The van der Waals surface area contributed by atoms with E-state index in [1.54, 1.807) is 0 Å². The number of hydrogen-bond donors (Lipinski definition) is 0. The first-order valence-corrected chi connectivity index (χ1v) is 14.3. The Balaban J connectivity index is 1.23. The Hall–Kier alpha value is -2.25. The lowest BCUT2D eigenvalue weighted by Gasteiger charge is -2.40. The molecule has 36 heavy (non-hydrogen) atoms. The molecule has 0 radical (unpaired) electrons. The standard InChI is InChI=1S/C29H37BrN4O2/c1-21-8-9-26(29(36)34-18-12-25(13-19-34)32-14-3-2-4-15-32)27(31-21)22-10-16-33(17-11-22)28(35)23-6-5-7-24(30)20-23/h5-9,20,22,25H,2-4,10-19H2,1H3. The molecule has 3 saturated heterocycles. The van der Waals surface area contributed by atoms with Crippen molar-refractivity contribution in [1.82, 2.24) is 19.7 Å². The maximum Gasteiger partial charge on any atom is 0.255 e. The number of hydrogen-bond acceptors (Lipinski definition) is 4. The predicted molar refractivity (Wildman–Crippen MR) is 145 cm³/mol. The fourth-order valence-corrected chi connectivity index (χ4v) is 6.52. The van der Waals surface area contributed by atoms with Crippen LogP contribution in [0, 0.1) is 6.92 Å². The monoisotopic (exact) mass is 552 g/mol. The third-order valence-corrected chi connectivity index (χ3v) is 8.69. The van der Waals surface area contributed by atoms with Gasteiger partial charge in [0, 0.05) is 53.9 Å². The Bertz CT molecular complexity index is 1080. The van der Waals surface area contributed by atoms with Crippen LogP contribution in [0.25, 0.3) is 0 Å². The van der Waals surface area contributed by atoms with Crippen molar-refractivity contribution in [1.29, 1.82) is 0 Å². The summed E-state index contributed by atoms with van der Waals surface area (Å²) < 4.78 is 0.912. The molecule has 192 valence electrons. The highest BCUT2D eigenvalue weighted by atomic mass is 79.9. The number of halogens is 1. The summed E-state index contributed by atoms with van der Waals surface area (Å²) in [6.45, 7) is 7.44. The summed E-state index contributed by atoms with van der Waals surface area (Å²) in [5.74, 6) is 0.392. The molecule has 3 fully saturated rings. The average molecular weight is 554 g/mol. The summed E-state index contributed by atoms with van der Waals surface area (Å²) in [5.41, 5.74) is 3.33. The van der Waals surface area contributed by atoms with Gasteiger partial charge in [0.25, 0.3) is 11.8 Å². The molecular formula is C29H37BrN4O2. The molecular weight excluding hydrogens is 516 g/mol. The second-order valence-corrected chi connectivity index (χ2v) is 11.5. The molecule has 0 aliphatic carbocycles. The Morgan fingerprint density at radius 1 is 0.833 bits per heavy atom. The summed E-state index contributed by atoms with van der Waals surface area (Å²) in [6.07, 6.45) is 7.76. The van der Waals surface area contributed by atoms with Crippen molar-refractivity contribution < 1.29 is 9.59 Å². The van der Waals surface area contributed by atoms with E-state index in [0.717, 1.165) is 60.2 Å². The third kappa shape index (κ3) is 5.67. The number of carbonyl (C=O) groups excluding carboxylic acids is 2. The van der Waals surface area contributed by atoms with Crippen LogP contribution in [0.4, 0.5) is 0 Å². The maximum absolute atomic E-state index is 13.7. The largest absolute Gasteiger partial charge is 0.339 e. The van der Waals surface area contributed by atoms with Crippen molar-refractivity contribution in [3.05, 3.63) is 63.4 Å². The minimum atomic E-state index is 0.0693. The highest BCUT2D eigenvalue weighted by Crippen LogP contribution is 2.31. The number of pyridine rings is 1. The Morgan fingerprint density at radius 2 is 1.50 bits per heavy atom. The third-order valence-electron chi connectivity index (χ3n) is 8.19. The number of amides is 2. The van der Waals surface area contributed by atoms with E-state index in [2.05, 4.69) is 20.8 Å². The van der Waals surface area contributed by atoms with Crippen LogP contribution in [0.15, 0.2) is 40.9 Å². The molecule has 1 aromatic heterocycles. The Kier molecular flexibility index (Phi) is 8.06. The number of benzene rings is 1. The molecule has 0 atom stereocenters. The van der Waals surface area contributed by atoms with Crippen molar-refractivity contribution in [3.63, 3.8) is 0 Å². The van der Waals surface area contributed by atoms with Crippen molar-refractivity contribution >= 4 is 27.7 Å². The highest BCUT2D eigenvalue weighted by molar-refractivity contribution is 9.10. The van der Waals surface area contributed by atoms with Gasteiger partial charge in [-0.05, 0) is 88.9 Å². The average Bonchev–Trinajstić information content (AvgIpc) is 2.93. The molecule has 0 saturated carbocycles. The SMILES string of the molecule is Cc1ccc(C(=O)N2CCC(N3CCCCC3)CC2)c(C2CCN(C(=O)c3cccc(Br)c3)CC2)n1. The zero-order chi connectivity index (χ0) is 25.1. The van der Waals surface area contributed by atoms with Crippen LogP contribution in [-0.2, 0) is 0 Å². The van der Waals surface area contributed by atoms with Crippen molar-refractivity contribution in [2.24, 2.45) is 0 Å². The van der Waals surface area contributed by atoms with Crippen LogP contribution >= 0.6 is 15.9 Å². The molecule has 3 aliphatic rings. The zero-order valence-corrected chi connectivity index (χ0v) is 22.9. The molecule has 3 aliphatic heterocycles. The number of aromatic nitrogens is 1. The van der Waals surface area contributed by atoms with Gasteiger partial charge in [-0.15, -0.1) is 0 Å². The van der Waals surface area contributed by atoms with Gasteiger partial charge >= 0.3 is 0 Å². The molecule has 4 heterocycles. The number of nitrogens with zero attached hydrogens (tertiary/aromatic N) is 4. The van der Waals surface area contributed by atoms with Crippen LogP contribution in [0.1, 0.15) is 83.0 Å². The van der Waals surface area contributed by atoms with Crippen LogP contribution in [0.2, 0.25) is 0 Å². The second-order valence-electron chi connectivity index (χ2n) is 10.6. The van der Waals surface area contributed by atoms with Crippen molar-refractivity contribution in [2.45, 2.75) is 63.8 Å². The van der Waals surface area contributed by atoms with Crippen LogP contribution < -0.4 is 0 Å². The number of aryl methyl sites for hydroxylation is 1. The van der Waals surface area contributed by atoms with E-state index in [9.17, 15) is 9.59 Å². The van der Waals surface area contributed by atoms with Gasteiger partial charge in [-0.25, -0.2) is 0 Å². The Labute approximate surface area is 223 Å². The summed E-state index contributed by atoms with van der Waals surface area (Å²) in [5, 5.41) is 0. The van der Waals surface area contributed by atoms with Gasteiger partial charge in [0.05, 0.1) is 11.3 Å². The number of carbonyl (C=O) groups is 2. The molecule has 7 heteroatoms. The van der Waals surface area contributed by atoms with Gasteiger partial charge in [-0.3, -0.25) is 14.6 Å². The van der Waals surface area contributed by atoms with E-state index in [-0.39, 0.29) is 17.7 Å². The predicted octanol–water partition coefficient (Wildman–Crippen LogP) is 5.26. The first-order valence-electron chi connectivity index (χ1n) is 13.6. The van der Waals surface area contributed by atoms with Gasteiger partial charge in [0.2, 0.25) is 0 Å². The summed E-state index contributed by atoms with van der Waals surface area (Å²) in [4.78, 5) is 38.1. The van der Waals surface area contributed by atoms with E-state index in [1.807, 2.05) is 53.1 Å². The lowest BCUT2D eigenvalue weighted by atomic mass is 9.89. The van der Waals surface area contributed by atoms with E-state index in [4.69, 9.17) is 4.98 Å². The van der Waals surface area contributed by atoms with Crippen molar-refractivity contribution in [3.8, 4) is 0 Å². The van der Waals surface area contributed by atoms with E-state index in [1.165, 1.54) is 32.4 Å². The molecule has 5 rings (SSSR count). The normalized spacial score (nSPS) is 20.5. The molecule has 0 N–H and O–H groups in total. The van der Waals surface area contributed by atoms with E-state index >= 15 is 0 Å². The first kappa shape index (κ1) is 25.4. The summed E-state index contributed by atoms with van der Waals surface area (Å²) in [6, 6.07) is 12.1. The van der Waals surface area contributed by atoms with Crippen LogP contribution in [0.3, 0.4) is 0 Å². The molecule has 2 amide bonds. The minimum Gasteiger partial charge on any atom is -0.339 e. The minimum absolute atomic E-state index is 0.0693. The first-order chi connectivity index (χ1) is 17.5. The van der Waals surface area contributed by atoms with Gasteiger partial charge in [-0.2, -0.15) is 0 Å². The number of piperidine rings is 3. The van der Waals surface area contributed by atoms with E-state index in [0.29, 0.717) is 24.7 Å². The maximum atomic E-state index is 13.7. The fourth-order valence-electron chi connectivity index (χ4n) is 6.12. The lowest BCUT2D eigenvalue weighted by Crippen LogP contribution is -2.48. The van der Waals surface area contributed by atoms with Gasteiger partial charge in [0.1, 0.15) is 0 Å².